The van der Waals surface area contributed by atoms with Crippen LogP contribution in [-0.2, 0) is 12.8 Å². The Hall–Kier alpha value is -2.84. The van der Waals surface area contributed by atoms with Crippen molar-refractivity contribution in [3.05, 3.63) is 118 Å². The van der Waals surface area contributed by atoms with Crippen LogP contribution in [0.5, 0.6) is 0 Å². The fraction of sp³-hybridized carbons (Fsp3) is 0.227. The van der Waals surface area contributed by atoms with E-state index in [4.69, 9.17) is 0 Å². The smallest absolute Gasteiger partial charge is 0.0649 e. The molecule has 4 heterocycles. The second-order valence-corrected chi connectivity index (χ2v) is 20.6. The van der Waals surface area contributed by atoms with Gasteiger partial charge in [-0.15, -0.1) is 45.3 Å². The minimum atomic E-state index is 1.16. The molecule has 0 bridgehead atoms. The quantitative estimate of drug-likeness (QED) is 0.0898. The van der Waals surface area contributed by atoms with Crippen LogP contribution < -0.4 is 0 Å². The monoisotopic (exact) mass is 760 g/mol. The summed E-state index contributed by atoms with van der Waals surface area (Å²) in [4.78, 5) is 5.62. The van der Waals surface area contributed by atoms with Crippen molar-refractivity contribution in [2.45, 2.75) is 84.4 Å². The van der Waals surface area contributed by atoms with Crippen LogP contribution in [0.4, 0.5) is 0 Å². The van der Waals surface area contributed by atoms with Gasteiger partial charge in [-0.05, 0) is 126 Å². The van der Waals surface area contributed by atoms with Crippen molar-refractivity contribution in [2.24, 2.45) is 0 Å². The van der Waals surface area contributed by atoms with Gasteiger partial charge in [0.15, 0.2) is 0 Å². The highest BCUT2D eigenvalue weighted by molar-refractivity contribution is 8.01. The average molecular weight is 761 g/mol. The maximum absolute atomic E-state index is 2.43. The number of benzene rings is 4. The summed E-state index contributed by atoms with van der Waals surface area (Å²) in [6.07, 6.45) is 11.8. The Morgan fingerprint density at radius 1 is 0.480 bits per heavy atom. The lowest BCUT2D eigenvalue weighted by atomic mass is 10.1. The van der Waals surface area contributed by atoms with E-state index in [1.165, 1.54) is 116 Å². The number of thiophene rings is 4. The van der Waals surface area contributed by atoms with Gasteiger partial charge in [-0.1, -0.05) is 83.2 Å². The maximum Gasteiger partial charge on any atom is 0.0649 e. The van der Waals surface area contributed by atoms with Crippen LogP contribution in [0.1, 0.15) is 63.1 Å². The van der Waals surface area contributed by atoms with Crippen molar-refractivity contribution in [1.82, 2.24) is 0 Å². The highest BCUT2D eigenvalue weighted by atomic mass is 32.2. The number of unbranched alkanes of at least 4 members (excludes halogenated alkanes) is 2. The molecule has 252 valence electrons. The van der Waals surface area contributed by atoms with Crippen LogP contribution >= 0.6 is 68.9 Å². The first-order valence-electron chi connectivity index (χ1n) is 17.4. The molecular weight excluding hydrogens is 721 g/mol. The molecule has 0 nitrogen and oxygen atoms in total. The van der Waals surface area contributed by atoms with E-state index in [2.05, 4.69) is 125 Å². The van der Waals surface area contributed by atoms with Crippen molar-refractivity contribution in [3.8, 4) is 0 Å². The highest BCUT2D eigenvalue weighted by Gasteiger charge is 2.17. The first kappa shape index (κ1) is 34.3. The van der Waals surface area contributed by atoms with Gasteiger partial charge >= 0.3 is 0 Å². The first-order valence-corrected chi connectivity index (χ1v) is 22.3. The molecule has 0 spiro atoms. The van der Waals surface area contributed by atoms with Gasteiger partial charge in [0.1, 0.15) is 0 Å². The Morgan fingerprint density at radius 2 is 0.920 bits per heavy atom. The third kappa shape index (κ3) is 7.39. The normalized spacial score (nSPS) is 11.8. The molecule has 0 unspecified atom stereocenters. The van der Waals surface area contributed by atoms with Crippen LogP contribution in [0, 0.1) is 0 Å². The minimum absolute atomic E-state index is 1.16. The van der Waals surface area contributed by atoms with Gasteiger partial charge in [0.05, 0.1) is 17.8 Å². The molecule has 4 aromatic carbocycles. The Bertz CT molecular complexity index is 2360. The minimum Gasteiger partial charge on any atom is -0.134 e. The first-order chi connectivity index (χ1) is 24.4. The second kappa shape index (κ2) is 15.0. The van der Waals surface area contributed by atoms with Gasteiger partial charge in [-0.25, -0.2) is 0 Å². The van der Waals surface area contributed by atoms with E-state index in [1.807, 2.05) is 68.9 Å². The van der Waals surface area contributed by atoms with Crippen LogP contribution in [-0.4, -0.2) is 0 Å². The molecule has 0 radical (unpaired) electrons. The Kier molecular flexibility index (Phi) is 10.3. The Morgan fingerprint density at radius 3 is 1.36 bits per heavy atom. The third-order valence-electron chi connectivity index (χ3n) is 9.06. The molecule has 6 heteroatoms. The molecule has 0 aliphatic rings. The molecule has 8 aromatic rings. The summed E-state index contributed by atoms with van der Waals surface area (Å²) in [7, 11) is 0. The van der Waals surface area contributed by atoms with Gasteiger partial charge in [0.25, 0.3) is 0 Å². The fourth-order valence-electron chi connectivity index (χ4n) is 6.56. The summed E-state index contributed by atoms with van der Waals surface area (Å²) in [5.41, 5.74) is 2.83. The molecule has 4 aromatic heterocycles. The summed E-state index contributed by atoms with van der Waals surface area (Å²) >= 11 is 11.7. The summed E-state index contributed by atoms with van der Waals surface area (Å²) in [5.74, 6) is 0. The summed E-state index contributed by atoms with van der Waals surface area (Å²) in [5, 5.41) is 8.18. The molecule has 0 aliphatic heterocycles. The predicted molar refractivity (Wildman–Crippen MR) is 231 cm³/mol. The summed E-state index contributed by atoms with van der Waals surface area (Å²) in [6.45, 7) is 8.74. The molecular formula is C44H40S6. The number of aryl methyl sites for hydroxylation is 2. The predicted octanol–water partition coefficient (Wildman–Crippen LogP) is 16.6. The van der Waals surface area contributed by atoms with E-state index >= 15 is 0 Å². The molecule has 0 amide bonds. The zero-order valence-electron chi connectivity index (χ0n) is 28.9. The lowest BCUT2D eigenvalue weighted by Crippen LogP contribution is -1.79. The topological polar surface area (TPSA) is 0 Å². The zero-order valence-corrected chi connectivity index (χ0v) is 33.8. The van der Waals surface area contributed by atoms with Gasteiger partial charge in [0, 0.05) is 50.5 Å². The van der Waals surface area contributed by atoms with Crippen molar-refractivity contribution in [2.75, 3.05) is 0 Å². The van der Waals surface area contributed by atoms with Crippen molar-refractivity contribution < 1.29 is 0 Å². The van der Waals surface area contributed by atoms with Crippen LogP contribution in [0.3, 0.4) is 0 Å². The third-order valence-corrected chi connectivity index (χ3v) is 16.3. The van der Waals surface area contributed by atoms with Crippen molar-refractivity contribution in [1.29, 1.82) is 0 Å². The van der Waals surface area contributed by atoms with Crippen molar-refractivity contribution in [3.63, 3.8) is 0 Å². The molecule has 0 atom stereocenters. The average Bonchev–Trinajstić information content (AvgIpc) is 3.90. The molecule has 0 aliphatic carbocycles. The Labute approximate surface area is 319 Å². The van der Waals surface area contributed by atoms with Crippen LogP contribution in [0.15, 0.2) is 126 Å². The Balaban J connectivity index is 1.06. The largest absolute Gasteiger partial charge is 0.134 e. The number of hydrogen-bond donors (Lipinski definition) is 0. The van der Waals surface area contributed by atoms with E-state index in [0.717, 1.165) is 12.8 Å². The van der Waals surface area contributed by atoms with Gasteiger partial charge in [-0.3, -0.25) is 0 Å². The number of hydrogen-bond acceptors (Lipinski definition) is 6. The molecule has 8 rings (SSSR count). The molecule has 50 heavy (non-hydrogen) atoms. The fourth-order valence-corrected chi connectivity index (χ4v) is 13.9. The van der Waals surface area contributed by atoms with Gasteiger partial charge < -0.3 is 0 Å². The van der Waals surface area contributed by atoms with E-state index in [0.29, 0.717) is 0 Å². The number of allylic oxidation sites excluding steroid dienone is 4. The maximum atomic E-state index is 2.43. The van der Waals surface area contributed by atoms with E-state index in [-0.39, 0.29) is 0 Å². The summed E-state index contributed by atoms with van der Waals surface area (Å²) < 4.78 is 8.45. The molecule has 0 N–H and O–H groups in total. The van der Waals surface area contributed by atoms with E-state index < -0.39 is 0 Å². The SMILES string of the molecule is CC(C)=CCCCc1ccc(Sc2ccc3ccc4c(sc5c6ccc7ccc(Sc8ccc(CCCC=C(C)C)s8)cc7c6sc45)c3c2)s1. The summed E-state index contributed by atoms with van der Waals surface area (Å²) in [6, 6.07) is 32.7. The second-order valence-electron chi connectivity index (χ2n) is 13.5. The molecule has 0 saturated carbocycles. The lowest BCUT2D eigenvalue weighted by molar-refractivity contribution is 0.849. The highest BCUT2D eigenvalue weighted by Crippen LogP contribution is 2.49. The van der Waals surface area contributed by atoms with E-state index in [9.17, 15) is 0 Å². The zero-order chi connectivity index (χ0) is 34.2. The number of rotatable bonds is 12. The van der Waals surface area contributed by atoms with Crippen LogP contribution in [0.25, 0.3) is 51.1 Å². The molecule has 0 fully saturated rings. The van der Waals surface area contributed by atoms with Gasteiger partial charge in [0.2, 0.25) is 0 Å². The number of fused-ring (bicyclic) bond motifs is 9. The standard InChI is InChI=1S/C44H40S6/c1-27(2)9-5-7-11-31-19-23-39(45-31)47-33-17-13-29-15-21-35-41(37(29)25-33)49-44-36-22-16-30-14-18-34(26-38(30)42(36)50-43(35)44)48-40-24-20-32(46-40)12-8-6-10-28(3)4/h9-10,13-26H,5-8,11-12H2,1-4H3. The van der Waals surface area contributed by atoms with Crippen LogP contribution in [0.2, 0.25) is 0 Å². The lowest BCUT2D eigenvalue weighted by Gasteiger charge is -2.05. The van der Waals surface area contributed by atoms with E-state index in [1.54, 1.807) is 0 Å². The van der Waals surface area contributed by atoms with Gasteiger partial charge in [-0.2, -0.15) is 0 Å². The van der Waals surface area contributed by atoms with Crippen molar-refractivity contribution >= 4 is 120 Å². The molecule has 0 saturated heterocycles.